The van der Waals surface area contributed by atoms with Gasteiger partial charge < -0.3 is 0 Å². The van der Waals surface area contributed by atoms with Crippen molar-refractivity contribution in [3.8, 4) is 0 Å². The molecule has 0 bridgehead atoms. The predicted octanol–water partition coefficient (Wildman–Crippen LogP) is 3.27. The molecule has 0 saturated heterocycles. The fraction of sp³-hybridized carbons (Fsp3) is 0.250. The number of aromatic nitrogens is 2. The molecule has 0 radical (unpaired) electrons. The van der Waals surface area contributed by atoms with Gasteiger partial charge in [-0.1, -0.05) is 29.8 Å². The summed E-state index contributed by atoms with van der Waals surface area (Å²) >= 11 is 6.12. The van der Waals surface area contributed by atoms with E-state index in [1.807, 2.05) is 38.1 Å². The van der Waals surface area contributed by atoms with Gasteiger partial charge in [-0.3, -0.25) is 5.10 Å². The van der Waals surface area contributed by atoms with Crippen LogP contribution in [0.15, 0.2) is 24.3 Å². The first kappa shape index (κ1) is 10.2. The minimum atomic E-state index is 0.817. The van der Waals surface area contributed by atoms with Crippen molar-refractivity contribution in [1.82, 2.24) is 10.2 Å². The molecule has 1 aromatic heterocycles. The first-order valence-corrected chi connectivity index (χ1v) is 5.30. The van der Waals surface area contributed by atoms with E-state index in [2.05, 4.69) is 10.2 Å². The van der Waals surface area contributed by atoms with Crippen LogP contribution in [0.4, 0.5) is 0 Å². The summed E-state index contributed by atoms with van der Waals surface area (Å²) in [6.45, 7) is 4.04. The number of hydrogen-bond donors (Lipinski definition) is 1. The molecule has 15 heavy (non-hydrogen) atoms. The van der Waals surface area contributed by atoms with Crippen molar-refractivity contribution in [2.24, 2.45) is 0 Å². The van der Waals surface area contributed by atoms with Gasteiger partial charge in [-0.25, -0.2) is 0 Å². The SMILES string of the molecule is Cc1n[nH]c(C)c1Cc1ccccc1Cl. The number of nitrogens with one attached hydrogen (secondary N) is 1. The lowest BCUT2D eigenvalue weighted by Gasteiger charge is -2.03. The van der Waals surface area contributed by atoms with Gasteiger partial charge in [-0.05, 0) is 25.5 Å². The van der Waals surface area contributed by atoms with Crippen molar-refractivity contribution < 1.29 is 0 Å². The molecule has 2 aromatic rings. The number of aryl methyl sites for hydroxylation is 2. The van der Waals surface area contributed by atoms with E-state index >= 15 is 0 Å². The molecule has 2 nitrogen and oxygen atoms in total. The number of H-pyrrole nitrogens is 1. The summed E-state index contributed by atoms with van der Waals surface area (Å²) in [5, 5.41) is 7.97. The summed E-state index contributed by atoms with van der Waals surface area (Å²) in [4.78, 5) is 0. The van der Waals surface area contributed by atoms with Crippen LogP contribution in [-0.2, 0) is 6.42 Å². The van der Waals surface area contributed by atoms with Crippen LogP contribution in [0, 0.1) is 13.8 Å². The average Bonchev–Trinajstić information content (AvgIpc) is 2.53. The molecule has 0 aliphatic rings. The van der Waals surface area contributed by atoms with E-state index in [1.165, 1.54) is 5.56 Å². The number of halogens is 1. The zero-order valence-corrected chi connectivity index (χ0v) is 9.60. The maximum atomic E-state index is 6.12. The average molecular weight is 221 g/mol. The van der Waals surface area contributed by atoms with Crippen molar-refractivity contribution in [2.45, 2.75) is 20.3 Å². The van der Waals surface area contributed by atoms with Crippen LogP contribution < -0.4 is 0 Å². The standard InChI is InChI=1S/C12H13ClN2/c1-8-11(9(2)15-14-8)7-10-5-3-4-6-12(10)13/h3-6H,7H2,1-2H3,(H,14,15). The van der Waals surface area contributed by atoms with E-state index in [9.17, 15) is 0 Å². The highest BCUT2D eigenvalue weighted by Gasteiger charge is 2.08. The van der Waals surface area contributed by atoms with E-state index < -0.39 is 0 Å². The second-order valence-corrected chi connectivity index (χ2v) is 4.09. The van der Waals surface area contributed by atoms with Crippen LogP contribution in [0.1, 0.15) is 22.5 Å². The third-order valence-corrected chi connectivity index (χ3v) is 2.97. The van der Waals surface area contributed by atoms with Crippen LogP contribution >= 0.6 is 11.6 Å². The monoisotopic (exact) mass is 220 g/mol. The van der Waals surface area contributed by atoms with E-state index in [4.69, 9.17) is 11.6 Å². The summed E-state index contributed by atoms with van der Waals surface area (Å²) < 4.78 is 0. The van der Waals surface area contributed by atoms with Gasteiger partial charge in [0.05, 0.1) is 5.69 Å². The molecule has 2 rings (SSSR count). The van der Waals surface area contributed by atoms with Crippen molar-refractivity contribution in [1.29, 1.82) is 0 Å². The highest BCUT2D eigenvalue weighted by Crippen LogP contribution is 2.21. The minimum absolute atomic E-state index is 0.817. The smallest absolute Gasteiger partial charge is 0.0629 e. The van der Waals surface area contributed by atoms with Gasteiger partial charge in [-0.15, -0.1) is 0 Å². The number of benzene rings is 1. The summed E-state index contributed by atoms with van der Waals surface area (Å²) in [6.07, 6.45) is 0.841. The summed E-state index contributed by atoms with van der Waals surface area (Å²) in [5.74, 6) is 0. The molecule has 0 aliphatic heterocycles. The van der Waals surface area contributed by atoms with Gasteiger partial charge in [-0.2, -0.15) is 5.10 Å². The normalized spacial score (nSPS) is 10.6. The molecule has 1 heterocycles. The molecule has 0 amide bonds. The molecular formula is C12H13ClN2. The third kappa shape index (κ3) is 2.05. The fourth-order valence-corrected chi connectivity index (χ4v) is 1.87. The molecule has 1 N–H and O–H groups in total. The van der Waals surface area contributed by atoms with E-state index in [0.717, 1.165) is 28.4 Å². The molecule has 78 valence electrons. The van der Waals surface area contributed by atoms with E-state index in [1.54, 1.807) is 0 Å². The Kier molecular flexibility index (Phi) is 2.78. The summed E-state index contributed by atoms with van der Waals surface area (Å²) in [5.41, 5.74) is 4.55. The Balaban J connectivity index is 2.34. The number of nitrogens with zero attached hydrogens (tertiary/aromatic N) is 1. The third-order valence-electron chi connectivity index (χ3n) is 2.61. The minimum Gasteiger partial charge on any atom is -0.282 e. The molecule has 0 atom stereocenters. The Hall–Kier alpha value is -1.28. The number of rotatable bonds is 2. The lowest BCUT2D eigenvalue weighted by atomic mass is 10.0. The van der Waals surface area contributed by atoms with Gasteiger partial charge in [0, 0.05) is 22.7 Å². The topological polar surface area (TPSA) is 28.7 Å². The number of hydrogen-bond acceptors (Lipinski definition) is 1. The van der Waals surface area contributed by atoms with Crippen molar-refractivity contribution in [3.63, 3.8) is 0 Å². The second kappa shape index (κ2) is 4.07. The Morgan fingerprint density at radius 1 is 1.27 bits per heavy atom. The molecule has 0 spiro atoms. The van der Waals surface area contributed by atoms with Gasteiger partial charge >= 0.3 is 0 Å². The first-order valence-electron chi connectivity index (χ1n) is 4.92. The van der Waals surface area contributed by atoms with Gasteiger partial charge in [0.1, 0.15) is 0 Å². The highest BCUT2D eigenvalue weighted by atomic mass is 35.5. The maximum absolute atomic E-state index is 6.12. The molecule has 1 aromatic carbocycles. The quantitative estimate of drug-likeness (QED) is 0.827. The largest absolute Gasteiger partial charge is 0.282 e. The van der Waals surface area contributed by atoms with E-state index in [0.29, 0.717) is 0 Å². The van der Waals surface area contributed by atoms with Crippen LogP contribution in [0.2, 0.25) is 5.02 Å². The fourth-order valence-electron chi connectivity index (χ4n) is 1.67. The second-order valence-electron chi connectivity index (χ2n) is 3.68. The molecule has 0 saturated carbocycles. The Morgan fingerprint density at radius 3 is 2.60 bits per heavy atom. The molecule has 0 fully saturated rings. The van der Waals surface area contributed by atoms with Gasteiger partial charge in [0.15, 0.2) is 0 Å². The Labute approximate surface area is 94.3 Å². The molecule has 0 unspecified atom stereocenters. The lowest BCUT2D eigenvalue weighted by Crippen LogP contribution is -1.92. The van der Waals surface area contributed by atoms with E-state index in [-0.39, 0.29) is 0 Å². The van der Waals surface area contributed by atoms with Gasteiger partial charge in [0.25, 0.3) is 0 Å². The molecular weight excluding hydrogens is 208 g/mol. The van der Waals surface area contributed by atoms with Crippen LogP contribution in [-0.4, -0.2) is 10.2 Å². The summed E-state index contributed by atoms with van der Waals surface area (Å²) in [7, 11) is 0. The van der Waals surface area contributed by atoms with Crippen molar-refractivity contribution >= 4 is 11.6 Å². The maximum Gasteiger partial charge on any atom is 0.0629 e. The Bertz CT molecular complexity index is 455. The zero-order chi connectivity index (χ0) is 10.8. The molecule has 3 heteroatoms. The zero-order valence-electron chi connectivity index (χ0n) is 8.84. The van der Waals surface area contributed by atoms with Crippen LogP contribution in [0.3, 0.4) is 0 Å². The Morgan fingerprint density at radius 2 is 2.00 bits per heavy atom. The van der Waals surface area contributed by atoms with Crippen molar-refractivity contribution in [2.75, 3.05) is 0 Å². The summed E-state index contributed by atoms with van der Waals surface area (Å²) in [6, 6.07) is 7.92. The predicted molar refractivity (Wildman–Crippen MR) is 62.3 cm³/mol. The van der Waals surface area contributed by atoms with Crippen LogP contribution in [0.5, 0.6) is 0 Å². The lowest BCUT2D eigenvalue weighted by molar-refractivity contribution is 1.02. The van der Waals surface area contributed by atoms with Crippen molar-refractivity contribution in [3.05, 3.63) is 51.8 Å². The molecule has 0 aliphatic carbocycles. The highest BCUT2D eigenvalue weighted by molar-refractivity contribution is 6.31. The van der Waals surface area contributed by atoms with Crippen LogP contribution in [0.25, 0.3) is 0 Å². The van der Waals surface area contributed by atoms with Gasteiger partial charge in [0.2, 0.25) is 0 Å². The number of aromatic amines is 1. The first-order chi connectivity index (χ1) is 7.18.